The Morgan fingerprint density at radius 3 is 2.63 bits per heavy atom. The Bertz CT molecular complexity index is 599. The van der Waals surface area contributed by atoms with Crippen LogP contribution in [-0.4, -0.2) is 47.9 Å². The topological polar surface area (TPSA) is 50.8 Å². The number of ether oxygens (including phenoxy) is 2. The van der Waals surface area contributed by atoms with E-state index >= 15 is 0 Å². The van der Waals surface area contributed by atoms with E-state index in [-0.39, 0.29) is 18.2 Å². The number of hydrogen-bond acceptors (Lipinski definition) is 4. The molecule has 1 aromatic rings. The fraction of sp³-hybridized carbons (Fsp3) is 0.682. The molecule has 0 spiro atoms. The van der Waals surface area contributed by atoms with Crippen LogP contribution in [0.15, 0.2) is 30.3 Å². The van der Waals surface area contributed by atoms with Crippen molar-refractivity contribution >= 4 is 6.09 Å². The van der Waals surface area contributed by atoms with Gasteiger partial charge < -0.3 is 14.8 Å². The van der Waals surface area contributed by atoms with Crippen molar-refractivity contribution in [3.8, 4) is 0 Å². The van der Waals surface area contributed by atoms with Gasteiger partial charge in [0.2, 0.25) is 0 Å². The van der Waals surface area contributed by atoms with Crippen LogP contribution in [0.1, 0.15) is 58.4 Å². The largest absolute Gasteiger partial charge is 0.444 e. The molecule has 0 bridgehead atoms. The molecule has 1 aliphatic heterocycles. The van der Waals surface area contributed by atoms with Crippen molar-refractivity contribution in [1.82, 2.24) is 10.2 Å². The van der Waals surface area contributed by atoms with Crippen molar-refractivity contribution in [3.05, 3.63) is 35.9 Å². The lowest BCUT2D eigenvalue weighted by atomic mass is 9.91. The highest BCUT2D eigenvalue weighted by Crippen LogP contribution is 2.29. The van der Waals surface area contributed by atoms with Gasteiger partial charge in [0.15, 0.2) is 0 Å². The lowest BCUT2D eigenvalue weighted by Gasteiger charge is -2.38. The molecule has 3 atom stereocenters. The molecular weight excluding hydrogens is 340 g/mol. The maximum absolute atomic E-state index is 12.0. The van der Waals surface area contributed by atoms with Crippen LogP contribution in [0.4, 0.5) is 4.79 Å². The second kappa shape index (κ2) is 9.07. The predicted octanol–water partition coefficient (Wildman–Crippen LogP) is 4.11. The standard InChI is InChI=1S/C22H34N2O3/c1-22(2,3)27-21(25)23-18-13-14-24(15-18)19-11-7-8-12-20(19)26-16-17-9-5-4-6-10-17/h4-6,9-10,18-20H,7-8,11-16H2,1-3H3,(H,23,25)/t18-,19-,20-/m0/s1. The van der Waals surface area contributed by atoms with Crippen LogP contribution < -0.4 is 5.32 Å². The van der Waals surface area contributed by atoms with Crippen molar-refractivity contribution in [2.75, 3.05) is 13.1 Å². The monoisotopic (exact) mass is 374 g/mol. The molecule has 2 aliphatic rings. The molecule has 1 heterocycles. The van der Waals surface area contributed by atoms with Crippen LogP contribution in [0.2, 0.25) is 0 Å². The SMILES string of the molecule is CC(C)(C)OC(=O)N[C@H]1CCN([C@H]2CCCC[C@@H]2OCc2ccccc2)C1. The normalized spacial score (nSPS) is 26.7. The van der Waals surface area contributed by atoms with Gasteiger partial charge in [-0.3, -0.25) is 4.90 Å². The Balaban J connectivity index is 1.50. The number of rotatable bonds is 5. The highest BCUT2D eigenvalue weighted by Gasteiger charge is 2.36. The minimum Gasteiger partial charge on any atom is -0.444 e. The first-order valence-electron chi connectivity index (χ1n) is 10.3. The zero-order valence-electron chi connectivity index (χ0n) is 16.9. The third kappa shape index (κ3) is 6.22. The Kier molecular flexibility index (Phi) is 6.77. The molecule has 0 radical (unpaired) electrons. The number of amides is 1. The molecule has 1 saturated carbocycles. The molecule has 1 aliphatic carbocycles. The van der Waals surface area contributed by atoms with E-state index in [2.05, 4.69) is 34.5 Å². The van der Waals surface area contributed by atoms with Crippen LogP contribution in [0.5, 0.6) is 0 Å². The summed E-state index contributed by atoms with van der Waals surface area (Å²) in [7, 11) is 0. The minimum absolute atomic E-state index is 0.163. The molecule has 150 valence electrons. The summed E-state index contributed by atoms with van der Waals surface area (Å²) in [4.78, 5) is 14.6. The Hall–Kier alpha value is -1.59. The van der Waals surface area contributed by atoms with E-state index in [1.165, 1.54) is 24.8 Å². The number of hydrogen-bond donors (Lipinski definition) is 1. The molecular formula is C22H34N2O3. The van der Waals surface area contributed by atoms with Crippen molar-refractivity contribution in [3.63, 3.8) is 0 Å². The summed E-state index contributed by atoms with van der Waals surface area (Å²) >= 11 is 0. The maximum Gasteiger partial charge on any atom is 0.407 e. The van der Waals surface area contributed by atoms with Gasteiger partial charge >= 0.3 is 6.09 Å². The molecule has 1 N–H and O–H groups in total. The van der Waals surface area contributed by atoms with Gasteiger partial charge in [-0.25, -0.2) is 4.79 Å². The van der Waals surface area contributed by atoms with Crippen molar-refractivity contribution in [1.29, 1.82) is 0 Å². The average Bonchev–Trinajstić information content (AvgIpc) is 3.07. The van der Waals surface area contributed by atoms with E-state index in [0.29, 0.717) is 12.6 Å². The second-order valence-corrected chi connectivity index (χ2v) is 8.81. The summed E-state index contributed by atoms with van der Waals surface area (Å²) < 4.78 is 11.7. The van der Waals surface area contributed by atoms with Gasteiger partial charge in [0, 0.05) is 25.2 Å². The second-order valence-electron chi connectivity index (χ2n) is 8.81. The van der Waals surface area contributed by atoms with Gasteiger partial charge in [-0.2, -0.15) is 0 Å². The third-order valence-corrected chi connectivity index (χ3v) is 5.38. The Labute approximate surface area is 163 Å². The minimum atomic E-state index is -0.456. The molecule has 0 aromatic heterocycles. The van der Waals surface area contributed by atoms with Crippen molar-refractivity contribution in [2.24, 2.45) is 0 Å². The number of likely N-dealkylation sites (tertiary alicyclic amines) is 1. The van der Waals surface area contributed by atoms with Gasteiger partial charge in [0.25, 0.3) is 0 Å². The van der Waals surface area contributed by atoms with E-state index in [9.17, 15) is 4.79 Å². The zero-order valence-corrected chi connectivity index (χ0v) is 16.9. The fourth-order valence-corrected chi connectivity index (χ4v) is 4.15. The summed E-state index contributed by atoms with van der Waals surface area (Å²) in [6.45, 7) is 8.25. The predicted molar refractivity (Wildman–Crippen MR) is 107 cm³/mol. The number of alkyl carbamates (subject to hydrolysis) is 1. The van der Waals surface area contributed by atoms with E-state index in [0.717, 1.165) is 25.9 Å². The first-order chi connectivity index (χ1) is 12.9. The van der Waals surface area contributed by atoms with E-state index in [1.54, 1.807) is 0 Å². The number of carbonyl (C=O) groups excluding carboxylic acids is 1. The molecule has 1 saturated heterocycles. The molecule has 0 unspecified atom stereocenters. The van der Waals surface area contributed by atoms with Crippen LogP contribution >= 0.6 is 0 Å². The van der Waals surface area contributed by atoms with Gasteiger partial charge in [-0.1, -0.05) is 43.2 Å². The van der Waals surface area contributed by atoms with Crippen LogP contribution in [0, 0.1) is 0 Å². The number of nitrogens with zero attached hydrogens (tertiary/aromatic N) is 1. The summed E-state index contributed by atoms with van der Waals surface area (Å²) in [5, 5.41) is 3.03. The van der Waals surface area contributed by atoms with Crippen molar-refractivity contribution < 1.29 is 14.3 Å². The maximum atomic E-state index is 12.0. The number of carbonyl (C=O) groups is 1. The van der Waals surface area contributed by atoms with Gasteiger partial charge in [0.05, 0.1) is 12.7 Å². The van der Waals surface area contributed by atoms with Gasteiger partial charge in [0.1, 0.15) is 5.60 Å². The van der Waals surface area contributed by atoms with Crippen LogP contribution in [0.25, 0.3) is 0 Å². The molecule has 27 heavy (non-hydrogen) atoms. The lowest BCUT2D eigenvalue weighted by Crippen LogP contribution is -2.47. The first-order valence-corrected chi connectivity index (χ1v) is 10.3. The van der Waals surface area contributed by atoms with Crippen LogP contribution in [0.3, 0.4) is 0 Å². The lowest BCUT2D eigenvalue weighted by molar-refractivity contribution is -0.0394. The Morgan fingerprint density at radius 1 is 1.15 bits per heavy atom. The number of benzene rings is 1. The van der Waals surface area contributed by atoms with E-state index in [4.69, 9.17) is 9.47 Å². The van der Waals surface area contributed by atoms with E-state index < -0.39 is 5.60 Å². The third-order valence-electron chi connectivity index (χ3n) is 5.38. The molecule has 2 fully saturated rings. The van der Waals surface area contributed by atoms with E-state index in [1.807, 2.05) is 26.8 Å². The summed E-state index contributed by atoms with van der Waals surface area (Å²) in [6, 6.07) is 11.0. The molecule has 5 nitrogen and oxygen atoms in total. The quantitative estimate of drug-likeness (QED) is 0.842. The average molecular weight is 375 g/mol. The molecule has 1 amide bonds. The molecule has 3 rings (SSSR count). The molecule has 5 heteroatoms. The zero-order chi connectivity index (χ0) is 19.3. The highest BCUT2D eigenvalue weighted by atomic mass is 16.6. The highest BCUT2D eigenvalue weighted by molar-refractivity contribution is 5.68. The molecule has 1 aromatic carbocycles. The smallest absolute Gasteiger partial charge is 0.407 e. The fourth-order valence-electron chi connectivity index (χ4n) is 4.15. The summed E-state index contributed by atoms with van der Waals surface area (Å²) in [5.74, 6) is 0. The first kappa shape index (κ1) is 20.2. The van der Waals surface area contributed by atoms with Crippen molar-refractivity contribution in [2.45, 2.75) is 83.3 Å². The summed E-state index contributed by atoms with van der Waals surface area (Å²) in [6.07, 6.45) is 5.74. The number of nitrogens with one attached hydrogen (secondary N) is 1. The Morgan fingerprint density at radius 2 is 1.89 bits per heavy atom. The van der Waals surface area contributed by atoms with Gasteiger partial charge in [-0.15, -0.1) is 0 Å². The van der Waals surface area contributed by atoms with Gasteiger partial charge in [-0.05, 0) is 45.6 Å². The summed E-state index contributed by atoms with van der Waals surface area (Å²) in [5.41, 5.74) is 0.773. The van der Waals surface area contributed by atoms with Crippen LogP contribution in [-0.2, 0) is 16.1 Å².